The highest BCUT2D eigenvalue weighted by atomic mass is 32.2. The van der Waals surface area contributed by atoms with Crippen LogP contribution in [0.15, 0.2) is 152 Å². The number of para-hydroxylation sites is 1. The van der Waals surface area contributed by atoms with Gasteiger partial charge in [-0.3, -0.25) is 76.7 Å². The third-order valence-electron chi connectivity index (χ3n) is 24.4. The van der Waals surface area contributed by atoms with Crippen LogP contribution in [-0.2, 0) is 115 Å². The summed E-state index contributed by atoms with van der Waals surface area (Å²) in [6.07, 6.45) is -5.72. The van der Waals surface area contributed by atoms with Gasteiger partial charge in [0.15, 0.2) is 17.5 Å². The lowest BCUT2D eigenvalue weighted by atomic mass is 9.98. The maximum atomic E-state index is 15.8. The second-order valence-electron chi connectivity index (χ2n) is 35.7. The van der Waals surface area contributed by atoms with Crippen LogP contribution < -0.4 is 53.6 Å². The molecular weight excluding hydrogens is 1810 g/mol. The van der Waals surface area contributed by atoms with E-state index in [1.165, 1.54) is 76.5 Å². The number of halogens is 3. The summed E-state index contributed by atoms with van der Waals surface area (Å²) in [6.45, 7) is 6.26. The summed E-state index contributed by atoms with van der Waals surface area (Å²) in [6, 6.07) is 13.2. The van der Waals surface area contributed by atoms with Crippen LogP contribution >= 0.6 is 11.8 Å². The van der Waals surface area contributed by atoms with E-state index in [-0.39, 0.29) is 68.4 Å². The number of aromatic nitrogens is 1. The number of carboxylic acids is 1. The molecule has 4 heterocycles. The Bertz CT molecular complexity index is 5530. The zero-order chi connectivity index (χ0) is 101. The Morgan fingerprint density at radius 3 is 1.51 bits per heavy atom. The minimum Gasteiger partial charge on any atom is -0.508 e. The van der Waals surface area contributed by atoms with Gasteiger partial charge in [0.05, 0.1) is 30.9 Å². The van der Waals surface area contributed by atoms with Gasteiger partial charge in [0.1, 0.15) is 90.0 Å². The molecule has 3 aliphatic heterocycles. The van der Waals surface area contributed by atoms with Crippen LogP contribution in [-0.4, -0.2) is 293 Å². The van der Waals surface area contributed by atoms with Crippen LogP contribution in [0.4, 0.5) is 13.2 Å². The number of fused-ring (bicyclic) bond motifs is 3. The van der Waals surface area contributed by atoms with E-state index in [0.29, 0.717) is 69.0 Å². The lowest BCUT2D eigenvalue weighted by molar-refractivity contribution is -0.152. The first-order chi connectivity index (χ1) is 65.6. The first-order valence-corrected chi connectivity index (χ1v) is 46.6. The van der Waals surface area contributed by atoms with Crippen LogP contribution in [0, 0.1) is 29.3 Å². The van der Waals surface area contributed by atoms with E-state index < -0.39 is 271 Å². The molecule has 138 heavy (non-hydrogen) atoms. The smallest absolute Gasteiger partial charge is 0.305 e. The average molecular weight is 1930 g/mol. The molecule has 740 valence electrons. The van der Waals surface area contributed by atoms with Gasteiger partial charge in [-0.2, -0.15) is 0 Å². The van der Waals surface area contributed by atoms with E-state index in [2.05, 4.69) is 52.8 Å². The van der Waals surface area contributed by atoms with Gasteiger partial charge >= 0.3 is 5.97 Å². The van der Waals surface area contributed by atoms with Gasteiger partial charge in [0, 0.05) is 108 Å². The van der Waals surface area contributed by atoms with Crippen molar-refractivity contribution in [1.29, 1.82) is 0 Å². The third-order valence-corrected chi connectivity index (χ3v) is 25.5. The van der Waals surface area contributed by atoms with Gasteiger partial charge in [-0.1, -0.05) is 151 Å². The highest BCUT2D eigenvalue weighted by Crippen LogP contribution is 2.30. The molecule has 1 aromatic heterocycles. The molecular formula is C97H119F3N16O21S. The number of H-pyrrole nitrogens is 1. The molecule has 3 aliphatic rings. The van der Waals surface area contributed by atoms with Gasteiger partial charge in [-0.25, -0.2) is 13.2 Å². The number of nitrogens with zero attached hydrogens (tertiary/aromatic N) is 5. The van der Waals surface area contributed by atoms with Gasteiger partial charge in [-0.05, 0) is 101 Å². The number of likely N-dealkylation sites (N-methyl/N-ethyl adjacent to an activating group) is 3. The molecule has 17 N–H and O–H groups in total. The molecule has 15 atom stereocenters. The number of carboxylic acid groups (broad SMARTS) is 1. The number of nitrogens with two attached hydrogens (primary N) is 1. The molecule has 10 rings (SSSR count). The number of phenols is 2. The fourth-order valence-electron chi connectivity index (χ4n) is 17.0. The SMILES string of the molecule is CCCC[C@H]1C(=O)N2C[C@H](O)C[C@@H]2C(=O)N[C@@H](CC(=O)O)C(=O)N[C@@H](C(C)C)C(=O)N(C)[C@@H](Cc2ccccc2)C(=O)N[C@@H](Cc2ccc(O)cc2)C(=O)N2C[C@@H](O)C[C@@H]2C(=O)N[C@@H](Cc2c[nH]c3ccccc23)C(=O)N[C@@H](Cc2ccc(O)cc2)C(=O)N[C@@H](CC(C)C)C(=O)N[C@H](C(=O)NCC(N)=O)CSCC(=O)N[C@@H](Cc2cc(F)c(F)c(F)c2)C(=O)N(C)[C@@H](Cc2ccccc2)C(=O)N1C. The number of aliphatic carboxylic acids is 1. The number of hydrogen-bond acceptors (Lipinski definition) is 21. The van der Waals surface area contributed by atoms with Crippen LogP contribution in [0.25, 0.3) is 10.9 Å². The number of hydrogen-bond donors (Lipinski definition) is 16. The number of thioether (sulfide) groups is 1. The van der Waals surface area contributed by atoms with Gasteiger partial charge in [-0.15, -0.1) is 11.8 Å². The molecule has 7 aromatic rings. The average Bonchev–Trinajstić information content (AvgIpc) is 1.62. The monoisotopic (exact) mass is 1930 g/mol. The Morgan fingerprint density at radius 1 is 0.493 bits per heavy atom. The minimum absolute atomic E-state index is 0.141. The maximum absolute atomic E-state index is 15.8. The normalized spacial score (nSPS) is 24.2. The predicted molar refractivity (Wildman–Crippen MR) is 499 cm³/mol. The van der Waals surface area contributed by atoms with Crippen LogP contribution in [0.3, 0.4) is 0 Å². The fraction of sp³-hybridized carbons (Fsp3) is 0.443. The summed E-state index contributed by atoms with van der Waals surface area (Å²) in [7, 11) is 3.62. The summed E-state index contributed by atoms with van der Waals surface area (Å²) in [5, 5.41) is 78.4. The van der Waals surface area contributed by atoms with Crippen molar-refractivity contribution in [3.8, 4) is 11.5 Å². The minimum atomic E-state index is -2.06. The molecule has 3 fully saturated rings. The number of rotatable bonds is 23. The summed E-state index contributed by atoms with van der Waals surface area (Å²) >= 11 is 0.650. The van der Waals surface area contributed by atoms with Crippen molar-refractivity contribution >= 4 is 117 Å². The molecule has 0 spiro atoms. The molecule has 3 saturated heterocycles. The Kier molecular flexibility index (Phi) is 37.8. The number of unbranched alkanes of at least 4 members (excludes halogenated alkanes) is 1. The molecule has 15 amide bonds. The van der Waals surface area contributed by atoms with Crippen LogP contribution in [0.5, 0.6) is 11.5 Å². The highest BCUT2D eigenvalue weighted by Gasteiger charge is 2.49. The first-order valence-electron chi connectivity index (χ1n) is 45.4. The van der Waals surface area contributed by atoms with E-state index in [9.17, 15) is 58.7 Å². The number of primary amides is 1. The van der Waals surface area contributed by atoms with Crippen molar-refractivity contribution in [2.75, 3.05) is 52.3 Å². The molecule has 0 aliphatic carbocycles. The molecule has 41 heteroatoms. The van der Waals surface area contributed by atoms with Crippen LogP contribution in [0.2, 0.25) is 0 Å². The summed E-state index contributed by atoms with van der Waals surface area (Å²) in [4.78, 5) is 247. The number of nitrogens with one attached hydrogen (secondary N) is 10. The van der Waals surface area contributed by atoms with Gasteiger partial charge < -0.3 is 109 Å². The van der Waals surface area contributed by atoms with Crippen LogP contribution in [0.1, 0.15) is 113 Å². The maximum Gasteiger partial charge on any atom is 0.305 e. The van der Waals surface area contributed by atoms with Crippen molar-refractivity contribution in [3.63, 3.8) is 0 Å². The van der Waals surface area contributed by atoms with E-state index >= 15 is 56.7 Å². The van der Waals surface area contributed by atoms with Crippen molar-refractivity contribution in [2.45, 2.75) is 209 Å². The van der Waals surface area contributed by atoms with Crippen molar-refractivity contribution in [2.24, 2.45) is 17.6 Å². The van der Waals surface area contributed by atoms with Gasteiger partial charge in [0.25, 0.3) is 0 Å². The number of carbonyl (C=O) groups is 16. The number of carbonyl (C=O) groups excluding carboxylic acids is 15. The topological polar surface area (TPSA) is 541 Å². The van der Waals surface area contributed by atoms with Crippen molar-refractivity contribution in [1.82, 2.24) is 77.3 Å². The third kappa shape index (κ3) is 28.8. The first kappa shape index (κ1) is 106. The summed E-state index contributed by atoms with van der Waals surface area (Å²) in [5.74, 6) is -25.6. The lowest BCUT2D eigenvalue weighted by Crippen LogP contribution is -2.62. The number of aliphatic hydroxyl groups excluding tert-OH is 2. The molecule has 0 radical (unpaired) electrons. The Labute approximate surface area is 798 Å². The largest absolute Gasteiger partial charge is 0.508 e. The summed E-state index contributed by atoms with van der Waals surface area (Å²) < 4.78 is 45.2. The fourth-order valence-corrected chi connectivity index (χ4v) is 17.9. The second-order valence-corrected chi connectivity index (χ2v) is 36.8. The molecule has 0 unspecified atom stereocenters. The quantitative estimate of drug-likeness (QED) is 0.0406. The van der Waals surface area contributed by atoms with E-state index in [0.717, 1.165) is 31.5 Å². The van der Waals surface area contributed by atoms with Gasteiger partial charge in [0.2, 0.25) is 88.6 Å². The van der Waals surface area contributed by atoms with Crippen molar-refractivity contribution in [3.05, 3.63) is 203 Å². The van der Waals surface area contributed by atoms with Crippen molar-refractivity contribution < 1.29 is 115 Å². The number of amides is 15. The highest BCUT2D eigenvalue weighted by molar-refractivity contribution is 8.00. The second kappa shape index (κ2) is 49.2. The number of aromatic amines is 1. The summed E-state index contributed by atoms with van der Waals surface area (Å²) in [5.41, 5.74) is 7.64. The standard InChI is InChI=1S/C97H119F3N16O21S/c1-9-10-25-75-96(136)116-49-63(120)44-78(116)92(132)108-71(45-82(123)124)89(129)111-84(53(4)5)97(137)113(7)76(40-54-19-13-11-14-20-54)90(130)109-73(38-57-28-32-61(118)33-29-57)94(134)115-48-62(119)43-77(115)91(131)107-70(42-59-46-102-67-24-18-17-23-64(59)67)88(128)106-69(37-56-26-30-60(117)31-27-56)87(127)105-68(34-52(2)3)86(126)110-74(85(125)103-47-80(101)121)50-138-51-81(122)104-72(39-58-35-65(98)83(100)66(99)36-58)93(133)114(8)79(95(135)112(75)6)41-55-21-15-12-16-22-55/h11-24,26-33,35-36,46,52-53,62-63,68-79,84,102,117-120H,9-10,25,34,37-45,47-51H2,1-8H3,(H2,101,121)(H,103,125)(H,104,122)(H,105,127)(H,106,128)(H,107,131)(H,108,132)(H,109,130)(H,110,126)(H,111,129)(H,123,124)/t62-,63+,68-,69-,70-,71-,72-,73-,74-,75-,76-,77+,78+,79-,84-/m0/s1. The molecule has 0 saturated carbocycles. The zero-order valence-corrected chi connectivity index (χ0v) is 78.4. The van der Waals surface area contributed by atoms with E-state index in [1.807, 2.05) is 0 Å². The number of aliphatic hydroxyl groups is 2. The Balaban J connectivity index is 1.07. The van der Waals surface area contributed by atoms with E-state index in [1.54, 1.807) is 112 Å². The molecule has 37 nitrogen and oxygen atoms in total. The lowest BCUT2D eigenvalue weighted by Gasteiger charge is -2.38. The van der Waals surface area contributed by atoms with E-state index in [4.69, 9.17) is 5.73 Å². The number of phenolic OH excluding ortho intramolecular Hbond substituents is 2. The number of benzene rings is 6. The molecule has 6 aromatic carbocycles. The predicted octanol–water partition coefficient (Wildman–Crippen LogP) is 1.75. The Hall–Kier alpha value is -14.0. The Morgan fingerprint density at radius 2 is 0.957 bits per heavy atom. The number of aromatic hydroxyl groups is 2. The molecule has 0 bridgehead atoms. The zero-order valence-electron chi connectivity index (χ0n) is 77.6.